The van der Waals surface area contributed by atoms with Gasteiger partial charge in [0.25, 0.3) is 0 Å². The molecule has 0 radical (unpaired) electrons. The van der Waals surface area contributed by atoms with Gasteiger partial charge < -0.3 is 5.32 Å². The molecule has 2 atom stereocenters. The first-order chi connectivity index (χ1) is 9.18. The summed E-state index contributed by atoms with van der Waals surface area (Å²) < 4.78 is 0. The summed E-state index contributed by atoms with van der Waals surface area (Å²) in [5, 5.41) is 3.66. The largest absolute Gasteiger partial charge is 0.315 e. The van der Waals surface area contributed by atoms with Crippen molar-refractivity contribution < 1.29 is 0 Å². The minimum absolute atomic E-state index is 0.722. The summed E-state index contributed by atoms with van der Waals surface area (Å²) in [6, 6.07) is 1.63. The second-order valence-corrected chi connectivity index (χ2v) is 7.23. The van der Waals surface area contributed by atoms with E-state index in [1.54, 1.807) is 0 Å². The lowest BCUT2D eigenvalue weighted by molar-refractivity contribution is 0.141. The standard InChI is InChI=1S/C17H34N2/c1-14(2)10-11-18-13-15(3)19-12-6-9-17(19)16-7-4-5-8-16/h14-18H,4-13H2,1-3H3. The van der Waals surface area contributed by atoms with Gasteiger partial charge in [0, 0.05) is 18.6 Å². The predicted molar refractivity (Wildman–Crippen MR) is 83.5 cm³/mol. The zero-order chi connectivity index (χ0) is 13.7. The van der Waals surface area contributed by atoms with Crippen molar-refractivity contribution in [1.82, 2.24) is 10.2 Å². The summed E-state index contributed by atoms with van der Waals surface area (Å²) in [6.07, 6.45) is 10.1. The summed E-state index contributed by atoms with van der Waals surface area (Å²) >= 11 is 0. The Morgan fingerprint density at radius 2 is 1.79 bits per heavy atom. The molecule has 1 heterocycles. The van der Waals surface area contributed by atoms with E-state index in [9.17, 15) is 0 Å². The highest BCUT2D eigenvalue weighted by Crippen LogP contribution is 2.36. The van der Waals surface area contributed by atoms with E-state index in [0.717, 1.165) is 23.9 Å². The molecule has 1 saturated heterocycles. The maximum absolute atomic E-state index is 3.66. The van der Waals surface area contributed by atoms with Crippen LogP contribution in [0.15, 0.2) is 0 Å². The van der Waals surface area contributed by atoms with Gasteiger partial charge in [0.15, 0.2) is 0 Å². The molecule has 0 spiro atoms. The van der Waals surface area contributed by atoms with Gasteiger partial charge in [-0.1, -0.05) is 26.7 Å². The molecule has 0 aromatic heterocycles. The van der Waals surface area contributed by atoms with Crippen molar-refractivity contribution in [2.45, 2.75) is 77.8 Å². The fraction of sp³-hybridized carbons (Fsp3) is 1.00. The molecule has 2 unspecified atom stereocenters. The zero-order valence-electron chi connectivity index (χ0n) is 13.3. The minimum Gasteiger partial charge on any atom is -0.315 e. The second-order valence-electron chi connectivity index (χ2n) is 7.23. The number of rotatable bonds is 7. The number of nitrogens with one attached hydrogen (secondary N) is 1. The van der Waals surface area contributed by atoms with Crippen LogP contribution in [0.4, 0.5) is 0 Å². The maximum Gasteiger partial charge on any atom is 0.0195 e. The van der Waals surface area contributed by atoms with E-state index < -0.39 is 0 Å². The van der Waals surface area contributed by atoms with Crippen LogP contribution in [0.1, 0.15) is 65.7 Å². The van der Waals surface area contributed by atoms with Gasteiger partial charge in [-0.25, -0.2) is 0 Å². The fourth-order valence-corrected chi connectivity index (χ4v) is 4.03. The lowest BCUT2D eigenvalue weighted by Crippen LogP contribution is -2.45. The van der Waals surface area contributed by atoms with E-state index in [4.69, 9.17) is 0 Å². The molecule has 112 valence electrons. The van der Waals surface area contributed by atoms with Gasteiger partial charge in [0.1, 0.15) is 0 Å². The first-order valence-corrected chi connectivity index (χ1v) is 8.65. The molecule has 2 rings (SSSR count). The third-order valence-electron chi connectivity index (χ3n) is 5.19. The topological polar surface area (TPSA) is 15.3 Å². The van der Waals surface area contributed by atoms with Crippen LogP contribution in [0.3, 0.4) is 0 Å². The number of nitrogens with zero attached hydrogens (tertiary/aromatic N) is 1. The number of hydrogen-bond acceptors (Lipinski definition) is 2. The Labute approximate surface area is 120 Å². The Morgan fingerprint density at radius 3 is 2.47 bits per heavy atom. The highest BCUT2D eigenvalue weighted by molar-refractivity contribution is 4.90. The van der Waals surface area contributed by atoms with Crippen LogP contribution in [-0.2, 0) is 0 Å². The van der Waals surface area contributed by atoms with Crippen molar-refractivity contribution >= 4 is 0 Å². The van der Waals surface area contributed by atoms with Crippen LogP contribution in [0.25, 0.3) is 0 Å². The Kier molecular flexibility index (Phi) is 6.15. The SMILES string of the molecule is CC(C)CCNCC(C)N1CCCC1C1CCCC1. The summed E-state index contributed by atoms with van der Waals surface area (Å²) in [5.74, 6) is 1.83. The Balaban J connectivity index is 1.72. The summed E-state index contributed by atoms with van der Waals surface area (Å²) in [4.78, 5) is 2.82. The minimum atomic E-state index is 0.722. The van der Waals surface area contributed by atoms with Crippen molar-refractivity contribution in [3.8, 4) is 0 Å². The third-order valence-corrected chi connectivity index (χ3v) is 5.19. The molecule has 2 aliphatic rings. The van der Waals surface area contributed by atoms with Crippen molar-refractivity contribution in [2.75, 3.05) is 19.6 Å². The normalized spacial score (nSPS) is 27.5. The molecule has 1 N–H and O–H groups in total. The fourth-order valence-electron chi connectivity index (χ4n) is 4.03. The molecule has 0 aromatic carbocycles. The van der Waals surface area contributed by atoms with E-state index in [1.807, 2.05) is 0 Å². The van der Waals surface area contributed by atoms with Crippen molar-refractivity contribution in [3.05, 3.63) is 0 Å². The van der Waals surface area contributed by atoms with Crippen LogP contribution in [0.2, 0.25) is 0 Å². The molecule has 0 bridgehead atoms. The van der Waals surface area contributed by atoms with E-state index in [0.29, 0.717) is 0 Å². The van der Waals surface area contributed by atoms with Gasteiger partial charge in [-0.15, -0.1) is 0 Å². The maximum atomic E-state index is 3.66. The zero-order valence-corrected chi connectivity index (χ0v) is 13.3. The van der Waals surface area contributed by atoms with Crippen LogP contribution >= 0.6 is 0 Å². The Bertz CT molecular complexity index is 246. The van der Waals surface area contributed by atoms with E-state index in [1.165, 1.54) is 64.6 Å². The van der Waals surface area contributed by atoms with Crippen molar-refractivity contribution in [3.63, 3.8) is 0 Å². The number of hydrogen-bond donors (Lipinski definition) is 1. The number of likely N-dealkylation sites (tertiary alicyclic amines) is 1. The van der Waals surface area contributed by atoms with Crippen molar-refractivity contribution in [2.24, 2.45) is 11.8 Å². The van der Waals surface area contributed by atoms with E-state index >= 15 is 0 Å². The highest BCUT2D eigenvalue weighted by atomic mass is 15.2. The smallest absolute Gasteiger partial charge is 0.0195 e. The first-order valence-electron chi connectivity index (χ1n) is 8.65. The molecule has 2 fully saturated rings. The van der Waals surface area contributed by atoms with Crippen LogP contribution < -0.4 is 5.32 Å². The molecule has 2 heteroatoms. The molecule has 1 saturated carbocycles. The summed E-state index contributed by atoms with van der Waals surface area (Å²) in [6.45, 7) is 10.7. The monoisotopic (exact) mass is 266 g/mol. The molecule has 1 aliphatic heterocycles. The predicted octanol–water partition coefficient (Wildman–Crippen LogP) is 3.67. The molecule has 0 aromatic rings. The van der Waals surface area contributed by atoms with Gasteiger partial charge in [0.2, 0.25) is 0 Å². The highest BCUT2D eigenvalue weighted by Gasteiger charge is 2.35. The van der Waals surface area contributed by atoms with Gasteiger partial charge in [-0.3, -0.25) is 4.90 Å². The Hall–Kier alpha value is -0.0800. The quantitative estimate of drug-likeness (QED) is 0.707. The molecule has 2 nitrogen and oxygen atoms in total. The third kappa shape index (κ3) is 4.46. The van der Waals surface area contributed by atoms with Crippen LogP contribution in [0, 0.1) is 11.8 Å². The van der Waals surface area contributed by atoms with Crippen LogP contribution in [0.5, 0.6) is 0 Å². The molecule has 0 amide bonds. The van der Waals surface area contributed by atoms with Crippen molar-refractivity contribution in [1.29, 1.82) is 0 Å². The lowest BCUT2D eigenvalue weighted by atomic mass is 9.95. The van der Waals surface area contributed by atoms with Crippen LogP contribution in [-0.4, -0.2) is 36.6 Å². The van der Waals surface area contributed by atoms with Gasteiger partial charge in [-0.05, 0) is 64.0 Å². The van der Waals surface area contributed by atoms with Gasteiger partial charge >= 0.3 is 0 Å². The Morgan fingerprint density at radius 1 is 1.05 bits per heavy atom. The first kappa shape index (κ1) is 15.3. The van der Waals surface area contributed by atoms with Gasteiger partial charge in [-0.2, -0.15) is 0 Å². The molecule has 19 heavy (non-hydrogen) atoms. The van der Waals surface area contributed by atoms with Gasteiger partial charge in [0.05, 0.1) is 0 Å². The molecular formula is C17H34N2. The van der Waals surface area contributed by atoms with E-state index in [2.05, 4.69) is 31.0 Å². The second kappa shape index (κ2) is 7.64. The molecule has 1 aliphatic carbocycles. The lowest BCUT2D eigenvalue weighted by Gasteiger charge is -2.34. The average molecular weight is 266 g/mol. The molecular weight excluding hydrogens is 232 g/mol. The summed E-state index contributed by atoms with van der Waals surface area (Å²) in [5.41, 5.74) is 0. The summed E-state index contributed by atoms with van der Waals surface area (Å²) in [7, 11) is 0. The average Bonchev–Trinajstić information content (AvgIpc) is 3.02. The van der Waals surface area contributed by atoms with E-state index in [-0.39, 0.29) is 0 Å².